The fraction of sp³-hybridized carbons (Fsp3) is 0.667. The molecule has 1 amide bonds. The Labute approximate surface area is 117 Å². The molecule has 0 aromatic carbocycles. The number of carboxylic acids is 1. The molecule has 0 aromatic rings. The Morgan fingerprint density at radius 2 is 1.80 bits per heavy atom. The number of ketones is 2. The molecule has 0 aromatic heterocycles. The third-order valence-corrected chi connectivity index (χ3v) is 2.63. The van der Waals surface area contributed by atoms with Gasteiger partial charge in [0.1, 0.15) is 5.78 Å². The summed E-state index contributed by atoms with van der Waals surface area (Å²) in [7, 11) is 1.62. The third-order valence-electron chi connectivity index (χ3n) is 2.63. The number of carboxylic acid groups (broad SMARTS) is 1. The number of carbonyl (C=O) groups excluding carboxylic acids is 3. The Balaban J connectivity index is 4.98. The molecule has 0 saturated carbocycles. The number of hydrogen-bond donors (Lipinski definition) is 4. The number of Topliss-reactive ketones (excluding diaryl/α,β-unsaturated/α-hetero) is 2. The van der Waals surface area contributed by atoms with Gasteiger partial charge in [0.25, 0.3) is 0 Å². The number of rotatable bonds is 10. The summed E-state index contributed by atoms with van der Waals surface area (Å²) in [5.41, 5.74) is 5.13. The van der Waals surface area contributed by atoms with Gasteiger partial charge in [-0.25, -0.2) is 0 Å². The van der Waals surface area contributed by atoms with Gasteiger partial charge in [-0.15, -0.1) is 0 Å². The number of nitrogens with one attached hydrogen (secondary N) is 2. The van der Waals surface area contributed by atoms with Crippen LogP contribution in [0.25, 0.3) is 0 Å². The first-order chi connectivity index (χ1) is 9.31. The summed E-state index contributed by atoms with van der Waals surface area (Å²) < 4.78 is 0. The second-order valence-corrected chi connectivity index (χ2v) is 4.49. The maximum Gasteiger partial charge on any atom is 0.305 e. The van der Waals surface area contributed by atoms with Crippen molar-refractivity contribution >= 4 is 23.4 Å². The fourth-order valence-corrected chi connectivity index (χ4v) is 1.80. The van der Waals surface area contributed by atoms with Crippen molar-refractivity contribution in [3.8, 4) is 0 Å². The van der Waals surface area contributed by atoms with Crippen LogP contribution >= 0.6 is 0 Å². The Hall–Kier alpha value is -1.80. The summed E-state index contributed by atoms with van der Waals surface area (Å²) in [6, 6.07) is -1.18. The lowest BCUT2D eigenvalue weighted by Crippen LogP contribution is -2.48. The van der Waals surface area contributed by atoms with Gasteiger partial charge in [-0.05, 0) is 14.0 Å². The molecule has 0 radical (unpaired) electrons. The van der Waals surface area contributed by atoms with Crippen molar-refractivity contribution in [2.24, 2.45) is 11.7 Å². The van der Waals surface area contributed by atoms with Gasteiger partial charge < -0.3 is 26.3 Å². The monoisotopic (exact) mass is 287 g/mol. The highest BCUT2D eigenvalue weighted by Crippen LogP contribution is 2.10. The number of aliphatic carboxylic acids is 1. The van der Waals surface area contributed by atoms with Crippen molar-refractivity contribution in [1.82, 2.24) is 10.6 Å². The van der Waals surface area contributed by atoms with E-state index in [-0.39, 0.29) is 25.3 Å². The van der Waals surface area contributed by atoms with Gasteiger partial charge in [0.15, 0.2) is 5.78 Å². The summed E-state index contributed by atoms with van der Waals surface area (Å²) in [5.74, 6) is -3.18. The van der Waals surface area contributed by atoms with E-state index < -0.39 is 36.0 Å². The summed E-state index contributed by atoms with van der Waals surface area (Å²) in [5, 5.41) is 13.8. The van der Waals surface area contributed by atoms with Crippen LogP contribution in [0.15, 0.2) is 0 Å². The van der Waals surface area contributed by atoms with Crippen LogP contribution in [0.5, 0.6) is 0 Å². The largest absolute Gasteiger partial charge is 0.481 e. The van der Waals surface area contributed by atoms with Gasteiger partial charge in [0, 0.05) is 18.9 Å². The zero-order valence-electron chi connectivity index (χ0n) is 11.6. The van der Waals surface area contributed by atoms with Crippen molar-refractivity contribution in [2.75, 3.05) is 20.1 Å². The molecule has 20 heavy (non-hydrogen) atoms. The summed E-state index contributed by atoms with van der Waals surface area (Å²) in [6.07, 6.45) is -0.545. The highest BCUT2D eigenvalue weighted by molar-refractivity contribution is 5.95. The maximum atomic E-state index is 12.2. The van der Waals surface area contributed by atoms with Crippen LogP contribution in [-0.2, 0) is 19.2 Å². The standard InChI is InChI=1S/C12H21N3O5/c1-7(16)3-8(6-14-2)12(20)9(4-11(18)19)15-10(17)5-13/h8-9,14H,3-6,13H2,1-2H3,(H,15,17)(H,18,19)/t8?,9-/m0/s1. The minimum atomic E-state index is -1.22. The molecule has 0 bridgehead atoms. The van der Waals surface area contributed by atoms with Gasteiger partial charge in [-0.3, -0.25) is 14.4 Å². The van der Waals surface area contributed by atoms with Crippen molar-refractivity contribution in [3.05, 3.63) is 0 Å². The Morgan fingerprint density at radius 1 is 1.20 bits per heavy atom. The fourth-order valence-electron chi connectivity index (χ4n) is 1.80. The summed E-state index contributed by atoms with van der Waals surface area (Å²) in [4.78, 5) is 45.4. The molecule has 0 aliphatic heterocycles. The number of carbonyl (C=O) groups is 4. The van der Waals surface area contributed by atoms with E-state index in [1.165, 1.54) is 6.92 Å². The lowest BCUT2D eigenvalue weighted by atomic mass is 9.91. The Bertz CT molecular complexity index is 383. The van der Waals surface area contributed by atoms with Gasteiger partial charge in [0.2, 0.25) is 5.91 Å². The smallest absolute Gasteiger partial charge is 0.305 e. The van der Waals surface area contributed by atoms with Crippen LogP contribution in [0.4, 0.5) is 0 Å². The van der Waals surface area contributed by atoms with Crippen LogP contribution in [-0.4, -0.2) is 54.7 Å². The van der Waals surface area contributed by atoms with Gasteiger partial charge in [-0.1, -0.05) is 0 Å². The number of amides is 1. The van der Waals surface area contributed by atoms with Crippen molar-refractivity contribution in [1.29, 1.82) is 0 Å². The molecule has 0 rings (SSSR count). The first kappa shape index (κ1) is 18.2. The third kappa shape index (κ3) is 6.95. The van der Waals surface area contributed by atoms with Gasteiger partial charge >= 0.3 is 5.97 Å². The number of nitrogens with two attached hydrogens (primary N) is 1. The SMILES string of the molecule is CNCC(CC(C)=O)C(=O)[C@H](CC(=O)O)NC(=O)CN. The van der Waals surface area contributed by atoms with Crippen molar-refractivity contribution in [2.45, 2.75) is 25.8 Å². The van der Waals surface area contributed by atoms with Crippen molar-refractivity contribution < 1.29 is 24.3 Å². The molecule has 0 aliphatic rings. The van der Waals surface area contributed by atoms with Crippen LogP contribution in [0, 0.1) is 5.92 Å². The maximum absolute atomic E-state index is 12.2. The van der Waals surface area contributed by atoms with Gasteiger partial charge in [-0.2, -0.15) is 0 Å². The topological polar surface area (TPSA) is 139 Å². The number of hydrogen-bond acceptors (Lipinski definition) is 6. The van der Waals surface area contributed by atoms with E-state index in [0.29, 0.717) is 0 Å². The molecule has 0 saturated heterocycles. The van der Waals surface area contributed by atoms with E-state index in [4.69, 9.17) is 10.8 Å². The molecular formula is C12H21N3O5. The molecule has 8 heteroatoms. The minimum absolute atomic E-state index is 0.00567. The quantitative estimate of drug-likeness (QED) is 0.375. The first-order valence-corrected chi connectivity index (χ1v) is 6.20. The lowest BCUT2D eigenvalue weighted by molar-refractivity contribution is -0.141. The van der Waals surface area contributed by atoms with Crippen LogP contribution < -0.4 is 16.4 Å². The molecule has 0 aliphatic carbocycles. The van der Waals surface area contributed by atoms with Crippen molar-refractivity contribution in [3.63, 3.8) is 0 Å². The average molecular weight is 287 g/mol. The second kappa shape index (κ2) is 9.16. The van der Waals surface area contributed by atoms with Gasteiger partial charge in [0.05, 0.1) is 19.0 Å². The molecular weight excluding hydrogens is 266 g/mol. The molecule has 0 spiro atoms. The van der Waals surface area contributed by atoms with E-state index in [2.05, 4.69) is 10.6 Å². The summed E-state index contributed by atoms with van der Waals surface area (Å²) >= 11 is 0. The molecule has 8 nitrogen and oxygen atoms in total. The van der Waals surface area contributed by atoms with Crippen LogP contribution in [0.3, 0.4) is 0 Å². The molecule has 0 heterocycles. The van der Waals surface area contributed by atoms with E-state index >= 15 is 0 Å². The van der Waals surface area contributed by atoms with E-state index in [0.717, 1.165) is 0 Å². The zero-order valence-corrected chi connectivity index (χ0v) is 11.6. The van der Waals surface area contributed by atoms with Crippen LogP contribution in [0.2, 0.25) is 0 Å². The predicted molar refractivity (Wildman–Crippen MR) is 71.0 cm³/mol. The average Bonchev–Trinajstić information content (AvgIpc) is 2.35. The highest BCUT2D eigenvalue weighted by atomic mass is 16.4. The normalized spacial score (nSPS) is 13.3. The van der Waals surface area contributed by atoms with E-state index in [9.17, 15) is 19.2 Å². The Morgan fingerprint density at radius 3 is 2.20 bits per heavy atom. The molecule has 5 N–H and O–H groups in total. The zero-order chi connectivity index (χ0) is 15.7. The molecule has 0 fully saturated rings. The van der Waals surface area contributed by atoms with E-state index in [1.807, 2.05) is 0 Å². The van der Waals surface area contributed by atoms with E-state index in [1.54, 1.807) is 7.05 Å². The second-order valence-electron chi connectivity index (χ2n) is 4.49. The highest BCUT2D eigenvalue weighted by Gasteiger charge is 2.30. The molecule has 1 unspecified atom stereocenters. The lowest BCUT2D eigenvalue weighted by Gasteiger charge is -2.21. The molecule has 114 valence electrons. The minimum Gasteiger partial charge on any atom is -0.481 e. The Kier molecular flexibility index (Phi) is 8.33. The molecule has 2 atom stereocenters. The predicted octanol–water partition coefficient (Wildman–Crippen LogP) is -1.71. The first-order valence-electron chi connectivity index (χ1n) is 6.20. The summed E-state index contributed by atoms with van der Waals surface area (Å²) in [6.45, 7) is 1.24. The van der Waals surface area contributed by atoms with Crippen LogP contribution in [0.1, 0.15) is 19.8 Å².